The Morgan fingerprint density at radius 2 is 1.96 bits per heavy atom. The first-order valence-electron chi connectivity index (χ1n) is 7.06. The van der Waals surface area contributed by atoms with E-state index in [4.69, 9.17) is 4.74 Å². The van der Waals surface area contributed by atoms with Crippen molar-refractivity contribution in [2.24, 2.45) is 4.99 Å². The lowest BCUT2D eigenvalue weighted by molar-refractivity contribution is 0.0696. The van der Waals surface area contributed by atoms with E-state index in [0.717, 1.165) is 11.4 Å². The van der Waals surface area contributed by atoms with Crippen LogP contribution in [0.2, 0.25) is 0 Å². The fourth-order valence-electron chi connectivity index (χ4n) is 2.22. The van der Waals surface area contributed by atoms with Crippen LogP contribution in [0, 0.1) is 6.92 Å². The highest BCUT2D eigenvalue weighted by Gasteiger charge is 2.19. The quantitative estimate of drug-likeness (QED) is 0.828. The molecular weight excluding hydrogens is 294 g/mol. The molecule has 0 aliphatic rings. The average molecular weight is 313 g/mol. The number of nitrogens with zero attached hydrogens (tertiary/aromatic N) is 2. The molecule has 0 amide bonds. The van der Waals surface area contributed by atoms with Crippen LogP contribution in [0.5, 0.6) is 5.75 Å². The van der Waals surface area contributed by atoms with Crippen molar-refractivity contribution in [1.29, 1.82) is 0 Å². The van der Waals surface area contributed by atoms with Crippen molar-refractivity contribution in [3.8, 4) is 5.75 Å². The maximum absolute atomic E-state index is 11.6. The third-order valence-electron chi connectivity index (χ3n) is 3.43. The van der Waals surface area contributed by atoms with Gasteiger partial charge < -0.3 is 15.2 Å². The number of ether oxygens (including phenoxy) is 1. The highest BCUT2D eigenvalue weighted by molar-refractivity contribution is 6.11. The number of anilines is 2. The molecule has 0 aliphatic carbocycles. The zero-order chi connectivity index (χ0) is 17.0. The molecule has 1 aromatic carbocycles. The molecule has 0 aliphatic heterocycles. The van der Waals surface area contributed by atoms with Gasteiger partial charge in [-0.05, 0) is 44.2 Å². The Hall–Kier alpha value is -2.89. The first-order chi connectivity index (χ1) is 11.0. The molecule has 0 saturated carbocycles. The number of hydrogen-bond donors (Lipinski definition) is 2. The third-order valence-corrected chi connectivity index (χ3v) is 3.43. The number of nitrogens with one attached hydrogen (secondary N) is 1. The molecule has 6 heteroatoms. The number of aliphatic imine (C=N–C) groups is 1. The summed E-state index contributed by atoms with van der Waals surface area (Å²) in [5, 5.41) is 12.6. The molecule has 1 aromatic heterocycles. The Bertz CT molecular complexity index is 752. The Labute approximate surface area is 134 Å². The number of aromatic carboxylic acids is 1. The lowest BCUT2D eigenvalue weighted by Gasteiger charge is -2.15. The second kappa shape index (κ2) is 6.91. The number of carboxylic acid groups (broad SMARTS) is 1. The van der Waals surface area contributed by atoms with Crippen molar-refractivity contribution in [3.63, 3.8) is 0 Å². The number of aryl methyl sites for hydroxylation is 1. The summed E-state index contributed by atoms with van der Waals surface area (Å²) >= 11 is 0. The van der Waals surface area contributed by atoms with Crippen molar-refractivity contribution < 1.29 is 14.6 Å². The maximum Gasteiger partial charge on any atom is 0.336 e. The van der Waals surface area contributed by atoms with Gasteiger partial charge in [-0.3, -0.25) is 4.99 Å². The lowest BCUT2D eigenvalue weighted by Crippen LogP contribution is -2.13. The smallest absolute Gasteiger partial charge is 0.336 e. The first kappa shape index (κ1) is 16.5. The van der Waals surface area contributed by atoms with E-state index in [0.29, 0.717) is 22.8 Å². The van der Waals surface area contributed by atoms with Crippen LogP contribution in [0.15, 0.2) is 35.3 Å². The number of rotatable bonds is 5. The number of aromatic nitrogens is 1. The molecule has 0 radical (unpaired) electrons. The van der Waals surface area contributed by atoms with Gasteiger partial charge in [-0.25, -0.2) is 9.78 Å². The summed E-state index contributed by atoms with van der Waals surface area (Å²) in [7, 11) is 3.22. The van der Waals surface area contributed by atoms with Gasteiger partial charge >= 0.3 is 5.97 Å². The second-order valence-corrected chi connectivity index (χ2v) is 5.00. The fraction of sp³-hybridized carbons (Fsp3) is 0.235. The first-order valence-corrected chi connectivity index (χ1v) is 7.06. The van der Waals surface area contributed by atoms with Gasteiger partial charge in [0, 0.05) is 24.1 Å². The molecule has 0 bridgehead atoms. The van der Waals surface area contributed by atoms with E-state index in [1.165, 1.54) is 0 Å². The van der Waals surface area contributed by atoms with Crippen LogP contribution >= 0.6 is 0 Å². The van der Waals surface area contributed by atoms with Crippen LogP contribution in [-0.2, 0) is 0 Å². The van der Waals surface area contributed by atoms with Crippen molar-refractivity contribution in [1.82, 2.24) is 4.98 Å². The Kier molecular flexibility index (Phi) is 4.95. The predicted molar refractivity (Wildman–Crippen MR) is 90.3 cm³/mol. The summed E-state index contributed by atoms with van der Waals surface area (Å²) in [5.74, 6) is 0.201. The molecule has 0 saturated heterocycles. The van der Waals surface area contributed by atoms with E-state index in [9.17, 15) is 9.90 Å². The largest absolute Gasteiger partial charge is 0.497 e. The van der Waals surface area contributed by atoms with Crippen molar-refractivity contribution in [2.75, 3.05) is 19.5 Å². The van der Waals surface area contributed by atoms with Gasteiger partial charge in [0.2, 0.25) is 0 Å². The molecule has 0 unspecified atom stereocenters. The molecular formula is C17H19N3O3. The van der Waals surface area contributed by atoms with E-state index >= 15 is 0 Å². The number of carboxylic acids is 1. The minimum Gasteiger partial charge on any atom is -0.497 e. The summed E-state index contributed by atoms with van der Waals surface area (Å²) in [6.45, 7) is 3.52. The Morgan fingerprint density at radius 1 is 1.30 bits per heavy atom. The molecule has 0 spiro atoms. The van der Waals surface area contributed by atoms with Crippen molar-refractivity contribution in [2.45, 2.75) is 13.8 Å². The highest BCUT2D eigenvalue weighted by atomic mass is 16.5. The third kappa shape index (κ3) is 3.66. The number of benzene rings is 1. The molecule has 6 nitrogen and oxygen atoms in total. The fourth-order valence-corrected chi connectivity index (χ4v) is 2.22. The zero-order valence-corrected chi connectivity index (χ0v) is 13.5. The minimum absolute atomic E-state index is 0.177. The molecule has 120 valence electrons. The predicted octanol–water partition coefficient (Wildman–Crippen LogP) is 3.28. The normalized spacial score (nSPS) is 11.2. The molecule has 0 fully saturated rings. The van der Waals surface area contributed by atoms with Crippen LogP contribution in [0.25, 0.3) is 0 Å². The summed E-state index contributed by atoms with van der Waals surface area (Å²) < 4.78 is 5.13. The molecule has 0 atom stereocenters. The van der Waals surface area contributed by atoms with Gasteiger partial charge in [-0.2, -0.15) is 0 Å². The molecule has 1 heterocycles. The average Bonchev–Trinajstić information content (AvgIpc) is 2.54. The van der Waals surface area contributed by atoms with Crippen LogP contribution in [0.1, 0.15) is 28.5 Å². The van der Waals surface area contributed by atoms with Crippen molar-refractivity contribution >= 4 is 23.2 Å². The highest BCUT2D eigenvalue weighted by Crippen LogP contribution is 2.25. The van der Waals surface area contributed by atoms with E-state index in [1.807, 2.05) is 24.3 Å². The molecule has 23 heavy (non-hydrogen) atoms. The maximum atomic E-state index is 11.6. The van der Waals surface area contributed by atoms with E-state index < -0.39 is 5.97 Å². The van der Waals surface area contributed by atoms with Gasteiger partial charge in [-0.1, -0.05) is 0 Å². The molecule has 2 rings (SSSR count). The second-order valence-electron chi connectivity index (χ2n) is 5.00. The number of carbonyl (C=O) groups is 1. The van der Waals surface area contributed by atoms with E-state index in [2.05, 4.69) is 15.3 Å². The van der Waals surface area contributed by atoms with E-state index in [1.54, 1.807) is 34.1 Å². The number of methoxy groups -OCH3 is 1. The SMILES string of the molecule is C/N=C(/C)c1c(C(=O)O)cc(C)nc1Nc1ccc(OC)cc1. The summed E-state index contributed by atoms with van der Waals surface area (Å²) in [6.07, 6.45) is 0. The monoisotopic (exact) mass is 313 g/mol. The van der Waals surface area contributed by atoms with Crippen LogP contribution in [0.3, 0.4) is 0 Å². The van der Waals surface area contributed by atoms with Crippen LogP contribution in [0.4, 0.5) is 11.5 Å². The zero-order valence-electron chi connectivity index (χ0n) is 13.5. The number of pyridine rings is 1. The van der Waals surface area contributed by atoms with Gasteiger partial charge in [0.15, 0.2) is 0 Å². The van der Waals surface area contributed by atoms with Gasteiger partial charge in [0.1, 0.15) is 11.6 Å². The van der Waals surface area contributed by atoms with E-state index in [-0.39, 0.29) is 5.56 Å². The van der Waals surface area contributed by atoms with Gasteiger partial charge in [0.05, 0.1) is 18.2 Å². The Balaban J connectivity index is 2.53. The molecule has 2 N–H and O–H groups in total. The van der Waals surface area contributed by atoms with Crippen LogP contribution in [-0.4, -0.2) is 35.9 Å². The molecule has 2 aromatic rings. The summed E-state index contributed by atoms with van der Waals surface area (Å²) in [4.78, 5) is 20.1. The topological polar surface area (TPSA) is 83.8 Å². The van der Waals surface area contributed by atoms with Crippen LogP contribution < -0.4 is 10.1 Å². The van der Waals surface area contributed by atoms with Gasteiger partial charge in [-0.15, -0.1) is 0 Å². The van der Waals surface area contributed by atoms with Crippen molar-refractivity contribution in [3.05, 3.63) is 47.2 Å². The Morgan fingerprint density at radius 3 is 2.48 bits per heavy atom. The summed E-state index contributed by atoms with van der Waals surface area (Å²) in [5.41, 5.74) is 2.67. The van der Waals surface area contributed by atoms with Gasteiger partial charge in [0.25, 0.3) is 0 Å². The summed E-state index contributed by atoms with van der Waals surface area (Å²) in [6, 6.07) is 8.86. The number of hydrogen-bond acceptors (Lipinski definition) is 5. The standard InChI is InChI=1S/C17H19N3O3/c1-10-9-14(17(21)22)15(11(2)18-3)16(19-10)20-12-5-7-13(23-4)8-6-12/h5-9H,1-4H3,(H,19,20)(H,21,22)/b18-11-. The minimum atomic E-state index is -1.01. The lowest BCUT2D eigenvalue weighted by atomic mass is 10.0.